The minimum absolute atomic E-state index is 0. The third-order valence-corrected chi connectivity index (χ3v) is 16.4. The summed E-state index contributed by atoms with van der Waals surface area (Å²) in [6.07, 6.45) is 1.82. The molecule has 0 aliphatic heterocycles. The van der Waals surface area contributed by atoms with Crippen molar-refractivity contribution < 1.29 is 20.1 Å². The van der Waals surface area contributed by atoms with Crippen LogP contribution in [-0.2, 0) is 25.5 Å². The number of aromatic nitrogens is 9. The van der Waals surface area contributed by atoms with Gasteiger partial charge < -0.3 is 4.98 Å². The van der Waals surface area contributed by atoms with Gasteiger partial charge in [0.05, 0.1) is 22.1 Å². The summed E-state index contributed by atoms with van der Waals surface area (Å²) >= 11 is 0. The van der Waals surface area contributed by atoms with Crippen molar-refractivity contribution in [1.82, 2.24) is 44.0 Å². The van der Waals surface area contributed by atoms with E-state index >= 15 is 0 Å². The Morgan fingerprint density at radius 2 is 0.786 bits per heavy atom. The van der Waals surface area contributed by atoms with Crippen molar-refractivity contribution in [2.75, 3.05) is 0 Å². The van der Waals surface area contributed by atoms with Gasteiger partial charge in [0.2, 0.25) is 11.9 Å². The second kappa shape index (κ2) is 20.3. The molecule has 15 aromatic rings. The van der Waals surface area contributed by atoms with Crippen molar-refractivity contribution in [2.24, 2.45) is 0 Å². The number of rotatable bonds is 9. The van der Waals surface area contributed by atoms with E-state index in [2.05, 4.69) is 161 Å². The van der Waals surface area contributed by atoms with Gasteiger partial charge in [0.15, 0.2) is 23.3 Å². The number of hydrogen-bond acceptors (Lipinski definition) is 7. The second-order valence-electron chi connectivity index (χ2n) is 21.7. The van der Waals surface area contributed by atoms with E-state index in [9.17, 15) is 0 Å². The maximum absolute atomic E-state index is 5.33. The monoisotopic (exact) mass is 1260 g/mol. The van der Waals surface area contributed by atoms with Crippen LogP contribution in [0.5, 0.6) is 0 Å². The number of fused-ring (bicyclic) bond motifs is 9. The average molecular weight is 1260 g/mol. The van der Waals surface area contributed by atoms with Crippen molar-refractivity contribution >= 4 is 43.6 Å². The molecule has 9 nitrogen and oxygen atoms in total. The van der Waals surface area contributed by atoms with E-state index in [-0.39, 0.29) is 25.5 Å². The van der Waals surface area contributed by atoms with Crippen LogP contribution in [-0.4, -0.2) is 44.0 Å². The Hall–Kier alpha value is -10.4. The molecule has 399 valence electrons. The Kier molecular flexibility index (Phi) is 12.2. The van der Waals surface area contributed by atoms with Crippen LogP contribution in [0.1, 0.15) is 25.0 Å². The van der Waals surface area contributed by atoms with Crippen molar-refractivity contribution in [3.8, 4) is 102 Å². The quantitative estimate of drug-likeness (QED) is 0.133. The first-order valence-corrected chi connectivity index (χ1v) is 27.9. The van der Waals surface area contributed by atoms with Gasteiger partial charge in [-0.15, -0.1) is 35.4 Å². The fourth-order valence-corrected chi connectivity index (χ4v) is 12.3. The van der Waals surface area contributed by atoms with E-state index in [0.29, 0.717) is 35.2 Å². The normalized spacial score (nSPS) is 12.4. The third-order valence-electron chi connectivity index (χ3n) is 16.4. The summed E-state index contributed by atoms with van der Waals surface area (Å²) in [5.74, 6) is 3.45. The fourth-order valence-electron chi connectivity index (χ4n) is 12.3. The van der Waals surface area contributed by atoms with E-state index in [0.717, 1.165) is 99.4 Å². The van der Waals surface area contributed by atoms with Crippen LogP contribution in [0.3, 0.4) is 0 Å². The molecule has 5 heterocycles. The molecule has 5 aromatic heterocycles. The molecule has 10 aromatic carbocycles. The molecular formula is C74H48IrN9-. The third kappa shape index (κ3) is 8.45. The molecule has 0 atom stereocenters. The van der Waals surface area contributed by atoms with Crippen LogP contribution in [0, 0.1) is 6.07 Å². The smallest absolute Gasteiger partial charge is 0.238 e. The molecule has 16 rings (SSSR count). The molecule has 84 heavy (non-hydrogen) atoms. The van der Waals surface area contributed by atoms with Gasteiger partial charge in [0.25, 0.3) is 0 Å². The first kappa shape index (κ1) is 50.6. The molecule has 0 fully saturated rings. The van der Waals surface area contributed by atoms with Crippen molar-refractivity contribution in [3.05, 3.63) is 272 Å². The largest absolute Gasteiger partial charge is 0.305 e. The molecule has 0 saturated heterocycles. The predicted octanol–water partition coefficient (Wildman–Crippen LogP) is 17.4. The van der Waals surface area contributed by atoms with Crippen LogP contribution in [0.4, 0.5) is 0 Å². The van der Waals surface area contributed by atoms with Crippen molar-refractivity contribution in [1.29, 1.82) is 0 Å². The van der Waals surface area contributed by atoms with Gasteiger partial charge in [-0.1, -0.05) is 196 Å². The Labute approximate surface area is 498 Å². The Balaban J connectivity index is 0.00000600. The molecule has 10 heteroatoms. The van der Waals surface area contributed by atoms with Crippen molar-refractivity contribution in [2.45, 2.75) is 19.3 Å². The van der Waals surface area contributed by atoms with Gasteiger partial charge in [-0.2, -0.15) is 19.9 Å². The number of benzene rings is 10. The molecule has 1 aliphatic rings. The fraction of sp³-hybridized carbons (Fsp3) is 0.0405. The summed E-state index contributed by atoms with van der Waals surface area (Å²) in [7, 11) is 0. The molecular weight excluding hydrogens is 1210 g/mol. The summed E-state index contributed by atoms with van der Waals surface area (Å²) in [4.78, 5) is 36.1. The standard InChI is InChI=1S/C74H48N9.Ir/c1-74(2)61-31-16-15-30-55(61)57-44-60-59-42-52(35-38-65(59)83(67(60)45-62(57)74)73-80-70(48-24-11-5-12-25-48)77-71(81-73)49-26-13-6-14-27-49)53-33-36-56-58-41-51(50-28-19-29-54(40-50)63-32-17-18-39-75-63)34-37-64(58)82(66(56)43-53)72-78-68(46-20-7-3-8-21-46)76-69(79-72)47-22-9-4-10-23-47;/h3-28,30-45H,1-2H3;/q-1;. The molecule has 0 saturated carbocycles. The van der Waals surface area contributed by atoms with E-state index < -0.39 is 0 Å². The van der Waals surface area contributed by atoms with Crippen LogP contribution in [0.2, 0.25) is 0 Å². The average Bonchev–Trinajstić information content (AvgIpc) is 1.68. The van der Waals surface area contributed by atoms with E-state index in [1.54, 1.807) is 0 Å². The minimum Gasteiger partial charge on any atom is -0.305 e. The molecule has 0 amide bonds. The summed E-state index contributed by atoms with van der Waals surface area (Å²) in [5.41, 5.74) is 18.4. The number of pyridine rings is 1. The van der Waals surface area contributed by atoms with Gasteiger partial charge in [-0.3, -0.25) is 9.13 Å². The summed E-state index contributed by atoms with van der Waals surface area (Å²) in [6.45, 7) is 4.66. The van der Waals surface area contributed by atoms with Crippen LogP contribution in [0.25, 0.3) is 146 Å². The maximum Gasteiger partial charge on any atom is 0.238 e. The summed E-state index contributed by atoms with van der Waals surface area (Å²) < 4.78 is 4.45. The van der Waals surface area contributed by atoms with E-state index in [4.69, 9.17) is 29.9 Å². The number of hydrogen-bond donors (Lipinski definition) is 0. The zero-order valence-electron chi connectivity index (χ0n) is 45.6. The molecule has 1 radical (unpaired) electrons. The molecule has 0 bridgehead atoms. The van der Waals surface area contributed by atoms with E-state index in [1.165, 1.54) is 22.3 Å². The van der Waals surface area contributed by atoms with Gasteiger partial charge in [0, 0.05) is 75.5 Å². The van der Waals surface area contributed by atoms with Crippen molar-refractivity contribution in [3.63, 3.8) is 0 Å². The predicted molar refractivity (Wildman–Crippen MR) is 334 cm³/mol. The molecule has 0 N–H and O–H groups in total. The Morgan fingerprint density at radius 1 is 0.333 bits per heavy atom. The minimum atomic E-state index is -0.241. The molecule has 0 spiro atoms. The first-order chi connectivity index (χ1) is 40.9. The topological polar surface area (TPSA) is 100 Å². The molecule has 1 aliphatic carbocycles. The summed E-state index contributed by atoms with van der Waals surface area (Å²) in [5, 5.41) is 4.32. The van der Waals surface area contributed by atoms with E-state index in [1.807, 2.05) is 128 Å². The Morgan fingerprint density at radius 3 is 1.32 bits per heavy atom. The molecule has 0 unspecified atom stereocenters. The van der Waals surface area contributed by atoms with Crippen LogP contribution in [0.15, 0.2) is 255 Å². The maximum atomic E-state index is 5.33. The summed E-state index contributed by atoms with van der Waals surface area (Å²) in [6, 6.07) is 90.2. The van der Waals surface area contributed by atoms with Gasteiger partial charge in [0.1, 0.15) is 0 Å². The first-order valence-electron chi connectivity index (χ1n) is 27.9. The van der Waals surface area contributed by atoms with Crippen LogP contribution >= 0.6 is 0 Å². The van der Waals surface area contributed by atoms with Crippen LogP contribution < -0.4 is 0 Å². The van der Waals surface area contributed by atoms with Gasteiger partial charge in [-0.05, 0) is 93.2 Å². The zero-order valence-corrected chi connectivity index (χ0v) is 48.0. The SMILES string of the molecule is CC1(C)c2ccccc2-c2cc3c4cc(-c5ccc6c7cc(-c8cc[c-]c(-c9ccccn9)c8)ccc7n(-c7nc(-c8ccccc8)nc(-c8ccccc8)n7)c6c5)ccc4n(-c4nc(-c5ccccc5)nc(-c5ccccc5)n4)c3cc21.[Ir]. The van der Waals surface area contributed by atoms with Gasteiger partial charge >= 0.3 is 0 Å². The second-order valence-corrected chi connectivity index (χ2v) is 21.7. The van der Waals surface area contributed by atoms with Gasteiger partial charge in [-0.25, -0.2) is 9.97 Å². The Bertz CT molecular complexity index is 4930. The number of nitrogens with zero attached hydrogens (tertiary/aromatic N) is 9. The zero-order chi connectivity index (χ0) is 55.2.